The van der Waals surface area contributed by atoms with Crippen LogP contribution in [0.2, 0.25) is 0 Å². The Labute approximate surface area is 313 Å². The third-order valence-corrected chi connectivity index (χ3v) is 11.2. The van der Waals surface area contributed by atoms with Crippen LogP contribution in [0.5, 0.6) is 0 Å². The van der Waals surface area contributed by atoms with Crippen molar-refractivity contribution in [3.63, 3.8) is 0 Å². The van der Waals surface area contributed by atoms with Crippen LogP contribution < -0.4 is 10.1 Å². The quantitative estimate of drug-likeness (QED) is 0.180. The predicted molar refractivity (Wildman–Crippen MR) is 219 cm³/mol. The van der Waals surface area contributed by atoms with Crippen LogP contribution in [-0.4, -0.2) is 9.55 Å². The number of hydrogen-bond acceptors (Lipinski definition) is 4. The van der Waals surface area contributed by atoms with Crippen LogP contribution in [0.25, 0.3) is 38.8 Å². The highest BCUT2D eigenvalue weighted by molar-refractivity contribution is 6.09. The van der Waals surface area contributed by atoms with Crippen molar-refractivity contribution in [1.29, 1.82) is 0 Å². The first-order chi connectivity index (χ1) is 26.7. The highest BCUT2D eigenvalue weighted by Crippen LogP contribution is 2.57. The van der Waals surface area contributed by atoms with Crippen LogP contribution in [0.15, 0.2) is 188 Å². The topological polar surface area (TPSA) is 33.5 Å². The van der Waals surface area contributed by atoms with Crippen molar-refractivity contribution in [2.75, 3.05) is 10.1 Å². The second-order valence-electron chi connectivity index (χ2n) is 14.2. The van der Waals surface area contributed by atoms with E-state index >= 15 is 0 Å². The first-order valence-corrected chi connectivity index (χ1v) is 18.4. The van der Waals surface area contributed by atoms with Crippen LogP contribution in [0, 0.1) is 6.92 Å². The molecule has 0 amide bonds. The average molecular weight is 695 g/mol. The first kappa shape index (κ1) is 30.7. The Balaban J connectivity index is 1.18. The van der Waals surface area contributed by atoms with Crippen molar-refractivity contribution in [2.45, 2.75) is 12.3 Å². The Morgan fingerprint density at radius 2 is 1.09 bits per heavy atom. The zero-order chi connectivity index (χ0) is 35.8. The maximum Gasteiger partial charge on any atom is 0.137 e. The van der Waals surface area contributed by atoms with Gasteiger partial charge in [-0.3, -0.25) is 4.57 Å². The lowest BCUT2D eigenvalue weighted by Crippen LogP contribution is -2.29. The van der Waals surface area contributed by atoms with Crippen LogP contribution in [0.3, 0.4) is 0 Å². The minimum atomic E-state index is -0.628. The van der Waals surface area contributed by atoms with E-state index in [9.17, 15) is 0 Å². The van der Waals surface area contributed by atoms with E-state index < -0.39 is 5.41 Å². The number of hydrogen-bond donors (Lipinski definition) is 0. The lowest BCUT2D eigenvalue weighted by atomic mass is 9.67. The predicted octanol–water partition coefficient (Wildman–Crippen LogP) is 12.0. The van der Waals surface area contributed by atoms with Gasteiger partial charge >= 0.3 is 0 Å². The van der Waals surface area contributed by atoms with E-state index in [1.165, 1.54) is 44.2 Å². The molecule has 54 heavy (non-hydrogen) atoms. The number of fused-ring (bicyclic) bond motifs is 7. The molecule has 2 aliphatic rings. The number of para-hydroxylation sites is 4. The zero-order valence-electron chi connectivity index (χ0n) is 29.6. The Kier molecular flexibility index (Phi) is 6.69. The molecule has 2 aromatic heterocycles. The number of pyridine rings is 1. The summed E-state index contributed by atoms with van der Waals surface area (Å²) >= 11 is 0. The molecule has 0 N–H and O–H groups in total. The monoisotopic (exact) mass is 694 g/mol. The molecule has 0 radical (unpaired) electrons. The number of anilines is 4. The molecular weight excluding hydrogens is 661 g/mol. The van der Waals surface area contributed by atoms with Crippen LogP contribution >= 0.6 is 0 Å². The molecule has 1 aliphatic heterocycles. The third-order valence-electron chi connectivity index (χ3n) is 11.2. The molecule has 256 valence electrons. The Morgan fingerprint density at radius 3 is 1.85 bits per heavy atom. The number of aromatic nitrogens is 2. The van der Waals surface area contributed by atoms with Gasteiger partial charge in [0.2, 0.25) is 0 Å². The summed E-state index contributed by atoms with van der Waals surface area (Å²) in [6.45, 7) is 2.13. The zero-order valence-corrected chi connectivity index (χ0v) is 29.6. The highest BCUT2D eigenvalue weighted by Gasteiger charge is 2.46. The van der Waals surface area contributed by atoms with Gasteiger partial charge in [-0.15, -0.1) is 4.94 Å². The molecule has 0 saturated carbocycles. The summed E-state index contributed by atoms with van der Waals surface area (Å²) in [5.74, 6) is 0.912. The minimum Gasteiger partial charge on any atom is -0.294 e. The van der Waals surface area contributed by atoms with Gasteiger partial charge in [-0.05, 0) is 107 Å². The fourth-order valence-electron chi connectivity index (χ4n) is 8.90. The summed E-state index contributed by atoms with van der Waals surface area (Å²) in [5.41, 5.74) is 14.0. The molecule has 3 heterocycles. The Morgan fingerprint density at radius 1 is 0.481 bits per heavy atom. The van der Waals surface area contributed by atoms with E-state index in [1.807, 2.05) is 34.5 Å². The summed E-state index contributed by atoms with van der Waals surface area (Å²) in [6, 6.07) is 65.2. The lowest BCUT2D eigenvalue weighted by Gasteiger charge is -2.34. The largest absolute Gasteiger partial charge is 0.294 e. The minimum absolute atomic E-state index is 0.628. The van der Waals surface area contributed by atoms with E-state index in [4.69, 9.17) is 9.92 Å². The average Bonchev–Trinajstić information content (AvgIpc) is 3.88. The van der Waals surface area contributed by atoms with Crippen molar-refractivity contribution in [1.82, 2.24) is 9.55 Å². The van der Waals surface area contributed by atoms with Crippen LogP contribution in [0.4, 0.5) is 22.7 Å². The van der Waals surface area contributed by atoms with Gasteiger partial charge in [0.25, 0.3) is 0 Å². The lowest BCUT2D eigenvalue weighted by molar-refractivity contribution is 0.156. The highest BCUT2D eigenvalue weighted by atomic mass is 16.8. The van der Waals surface area contributed by atoms with Gasteiger partial charge in [-0.25, -0.2) is 4.98 Å². The van der Waals surface area contributed by atoms with E-state index in [2.05, 4.69) is 175 Å². The molecule has 0 saturated heterocycles. The van der Waals surface area contributed by atoms with Gasteiger partial charge in [0.15, 0.2) is 0 Å². The number of benzene rings is 7. The maximum atomic E-state index is 6.72. The van der Waals surface area contributed by atoms with Gasteiger partial charge in [0, 0.05) is 17.0 Å². The Bertz CT molecular complexity index is 2870. The van der Waals surface area contributed by atoms with Crippen molar-refractivity contribution in [3.8, 4) is 16.9 Å². The molecule has 5 heteroatoms. The summed E-state index contributed by atoms with van der Waals surface area (Å²) < 4.78 is 2.32. The summed E-state index contributed by atoms with van der Waals surface area (Å²) in [4.78, 5) is 11.6. The van der Waals surface area contributed by atoms with Crippen molar-refractivity contribution >= 4 is 44.6 Å². The van der Waals surface area contributed by atoms with E-state index in [1.54, 1.807) is 0 Å². The fourth-order valence-corrected chi connectivity index (χ4v) is 8.90. The van der Waals surface area contributed by atoms with E-state index in [0.29, 0.717) is 0 Å². The van der Waals surface area contributed by atoms with Gasteiger partial charge < -0.3 is 0 Å². The molecule has 11 rings (SSSR count). The van der Waals surface area contributed by atoms with Crippen molar-refractivity contribution < 1.29 is 4.94 Å². The molecule has 9 aromatic rings. The molecule has 0 spiro atoms. The molecule has 0 atom stereocenters. The van der Waals surface area contributed by atoms with E-state index in [-0.39, 0.29) is 0 Å². The number of aryl methyl sites for hydroxylation is 1. The van der Waals surface area contributed by atoms with Crippen molar-refractivity contribution in [3.05, 3.63) is 216 Å². The molecule has 5 nitrogen and oxygen atoms in total. The first-order valence-electron chi connectivity index (χ1n) is 18.4. The normalized spacial score (nSPS) is 14.0. The molecule has 0 unspecified atom stereocenters. The second kappa shape index (κ2) is 11.8. The second-order valence-corrected chi connectivity index (χ2v) is 14.2. The summed E-state index contributed by atoms with van der Waals surface area (Å²) in [7, 11) is 0. The molecule has 1 aliphatic carbocycles. The van der Waals surface area contributed by atoms with Crippen LogP contribution in [-0.2, 0) is 10.4 Å². The van der Waals surface area contributed by atoms with Gasteiger partial charge in [0.05, 0.1) is 39.2 Å². The summed E-state index contributed by atoms with van der Waals surface area (Å²) in [6.07, 6.45) is 1.91. The van der Waals surface area contributed by atoms with Gasteiger partial charge in [-0.2, -0.15) is 10.1 Å². The number of rotatable bonds is 5. The summed E-state index contributed by atoms with van der Waals surface area (Å²) in [5, 5.41) is 6.27. The molecular formula is C49H34N4O. The smallest absolute Gasteiger partial charge is 0.137 e. The maximum absolute atomic E-state index is 6.72. The number of nitrogens with zero attached hydrogens (tertiary/aromatic N) is 4. The standard InChI is InChI=1S/C49H34N4O/c1-33-28-29-50-48(30-33)51-44-23-10-7-20-40(44)41-27-26-35(32-47(41)51)49(42-21-8-5-18-38(42)39-19-6-9-22-43(39)49)34-14-13-17-37(31-34)53-46-25-12-11-24-45(46)52(54-53)36-15-3-2-4-16-36/h2-32H,1H3. The van der Waals surface area contributed by atoms with Crippen LogP contribution in [0.1, 0.15) is 27.8 Å². The molecule has 0 bridgehead atoms. The fraction of sp³-hybridized carbons (Fsp3) is 0.0408. The SMILES string of the molecule is Cc1ccnc(-n2c3ccccc3c3ccc(C4(c5cccc(N6ON(c7ccccc7)c7ccccc76)c5)c5ccccc5-c5ccccc54)cc32)c1. The van der Waals surface area contributed by atoms with E-state index in [0.717, 1.165) is 45.2 Å². The molecule has 7 aromatic carbocycles. The molecule has 0 fully saturated rings. The third kappa shape index (κ3) is 4.33. The van der Waals surface area contributed by atoms with Gasteiger partial charge in [-0.1, -0.05) is 121 Å². The Hall–Kier alpha value is -6.95. The van der Waals surface area contributed by atoms with Gasteiger partial charge in [0.1, 0.15) is 5.82 Å². The van der Waals surface area contributed by atoms with Crippen molar-refractivity contribution in [2.24, 2.45) is 0 Å².